The maximum atomic E-state index is 10.9. The zero-order chi connectivity index (χ0) is 15.6. The summed E-state index contributed by atoms with van der Waals surface area (Å²) >= 11 is 0. The zero-order valence-electron chi connectivity index (χ0n) is 12.0. The Morgan fingerprint density at radius 2 is 1.90 bits per heavy atom. The molecular formula is C14H16N4O3. The van der Waals surface area contributed by atoms with Crippen molar-refractivity contribution in [1.29, 1.82) is 0 Å². The first-order valence-corrected chi connectivity index (χ1v) is 6.30. The van der Waals surface area contributed by atoms with Gasteiger partial charge < -0.3 is 10.2 Å². The van der Waals surface area contributed by atoms with E-state index in [9.17, 15) is 10.1 Å². The van der Waals surface area contributed by atoms with Gasteiger partial charge in [0.25, 0.3) is 5.69 Å². The van der Waals surface area contributed by atoms with Crippen molar-refractivity contribution in [3.8, 4) is 11.6 Å². The molecular weight excluding hydrogens is 272 g/mol. The summed E-state index contributed by atoms with van der Waals surface area (Å²) in [6.07, 6.45) is 0. The molecule has 21 heavy (non-hydrogen) atoms. The van der Waals surface area contributed by atoms with Crippen molar-refractivity contribution >= 4 is 11.5 Å². The van der Waals surface area contributed by atoms with Gasteiger partial charge in [-0.05, 0) is 37.5 Å². The van der Waals surface area contributed by atoms with Gasteiger partial charge in [0.15, 0.2) is 5.82 Å². The number of hydrogen-bond donors (Lipinski definition) is 2. The quantitative estimate of drug-likeness (QED) is 0.509. The largest absolute Gasteiger partial charge is 0.438 e. The molecule has 7 heteroatoms. The normalized spacial score (nSPS) is 10.3. The molecule has 0 spiro atoms. The molecule has 0 fully saturated rings. The SMILES string of the molecule is Cc1ccc(C)c(Oc2cc([N+](=O)[O-])cc(NN)n2)c1C. The summed E-state index contributed by atoms with van der Waals surface area (Å²) < 4.78 is 5.74. The van der Waals surface area contributed by atoms with Gasteiger partial charge in [-0.25, -0.2) is 5.84 Å². The number of nitrogens with one attached hydrogen (secondary N) is 1. The predicted octanol–water partition coefficient (Wildman–Crippen LogP) is 2.99. The molecule has 0 radical (unpaired) electrons. The highest BCUT2D eigenvalue weighted by Crippen LogP contribution is 2.32. The second-order valence-electron chi connectivity index (χ2n) is 4.71. The highest BCUT2D eigenvalue weighted by molar-refractivity contribution is 5.50. The van der Waals surface area contributed by atoms with Crippen LogP contribution in [-0.2, 0) is 0 Å². The predicted molar refractivity (Wildman–Crippen MR) is 79.4 cm³/mol. The monoisotopic (exact) mass is 288 g/mol. The van der Waals surface area contributed by atoms with E-state index in [1.165, 1.54) is 12.1 Å². The number of rotatable bonds is 4. The van der Waals surface area contributed by atoms with E-state index in [0.717, 1.165) is 16.7 Å². The van der Waals surface area contributed by atoms with Crippen LogP contribution in [0.1, 0.15) is 16.7 Å². The molecule has 1 aromatic heterocycles. The van der Waals surface area contributed by atoms with Crippen LogP contribution in [-0.4, -0.2) is 9.91 Å². The van der Waals surface area contributed by atoms with E-state index < -0.39 is 4.92 Å². The maximum absolute atomic E-state index is 10.9. The van der Waals surface area contributed by atoms with Gasteiger partial charge in [-0.3, -0.25) is 10.1 Å². The summed E-state index contributed by atoms with van der Waals surface area (Å²) in [5.74, 6) is 6.21. The third-order valence-corrected chi connectivity index (χ3v) is 3.23. The minimum Gasteiger partial charge on any atom is -0.438 e. The number of nitrogen functional groups attached to an aromatic ring is 1. The number of anilines is 1. The lowest BCUT2D eigenvalue weighted by atomic mass is 10.1. The van der Waals surface area contributed by atoms with Crippen LogP contribution >= 0.6 is 0 Å². The number of pyridine rings is 1. The Balaban J connectivity index is 2.47. The standard InChI is InChI=1S/C14H16N4O3/c1-8-4-5-9(2)14(10(8)3)21-13-7-11(18(19)20)6-12(16-13)17-15/h4-7H,15H2,1-3H3,(H,16,17). The van der Waals surface area contributed by atoms with E-state index in [1.807, 2.05) is 32.9 Å². The first kappa shape index (κ1) is 14.7. The van der Waals surface area contributed by atoms with Gasteiger partial charge >= 0.3 is 0 Å². The molecule has 0 atom stereocenters. The third kappa shape index (κ3) is 3.09. The van der Waals surface area contributed by atoms with Gasteiger partial charge in [0.1, 0.15) is 5.75 Å². The van der Waals surface area contributed by atoms with Crippen molar-refractivity contribution in [2.45, 2.75) is 20.8 Å². The van der Waals surface area contributed by atoms with Crippen molar-refractivity contribution in [3.63, 3.8) is 0 Å². The van der Waals surface area contributed by atoms with Crippen molar-refractivity contribution in [2.75, 3.05) is 5.43 Å². The Kier molecular flexibility index (Phi) is 4.04. The summed E-state index contributed by atoms with van der Waals surface area (Å²) in [5.41, 5.74) is 5.11. The molecule has 0 bridgehead atoms. The highest BCUT2D eigenvalue weighted by Gasteiger charge is 2.14. The van der Waals surface area contributed by atoms with Gasteiger partial charge in [0, 0.05) is 0 Å². The molecule has 0 unspecified atom stereocenters. The number of benzene rings is 1. The summed E-state index contributed by atoms with van der Waals surface area (Å²) in [7, 11) is 0. The Morgan fingerprint density at radius 3 is 2.52 bits per heavy atom. The molecule has 3 N–H and O–H groups in total. The Bertz CT molecular complexity index is 701. The van der Waals surface area contributed by atoms with Crippen LogP contribution < -0.4 is 16.0 Å². The fourth-order valence-corrected chi connectivity index (χ4v) is 1.91. The Labute approximate surface area is 121 Å². The topological polar surface area (TPSA) is 103 Å². The van der Waals surface area contributed by atoms with E-state index in [2.05, 4.69) is 10.4 Å². The molecule has 0 aliphatic rings. The first-order valence-electron chi connectivity index (χ1n) is 6.30. The Morgan fingerprint density at radius 1 is 1.24 bits per heavy atom. The minimum absolute atomic E-state index is 0.119. The summed E-state index contributed by atoms with van der Waals surface area (Å²) in [5, 5.41) is 10.9. The second kappa shape index (κ2) is 5.76. The van der Waals surface area contributed by atoms with Gasteiger partial charge in [0.05, 0.1) is 17.1 Å². The number of nitrogens with two attached hydrogens (primary N) is 1. The molecule has 1 heterocycles. The number of aromatic nitrogens is 1. The average Bonchev–Trinajstić information content (AvgIpc) is 2.47. The molecule has 0 aliphatic heterocycles. The molecule has 1 aromatic carbocycles. The van der Waals surface area contributed by atoms with Crippen molar-refractivity contribution in [1.82, 2.24) is 4.98 Å². The van der Waals surface area contributed by atoms with E-state index in [1.54, 1.807) is 0 Å². The number of hydrazine groups is 1. The van der Waals surface area contributed by atoms with Crippen molar-refractivity contribution in [3.05, 3.63) is 51.1 Å². The van der Waals surface area contributed by atoms with Crippen LogP contribution in [0.25, 0.3) is 0 Å². The summed E-state index contributed by atoms with van der Waals surface area (Å²) in [6, 6.07) is 6.42. The maximum Gasteiger partial charge on any atom is 0.278 e. The molecule has 7 nitrogen and oxygen atoms in total. The van der Waals surface area contributed by atoms with Crippen LogP contribution in [0.15, 0.2) is 24.3 Å². The van der Waals surface area contributed by atoms with Crippen LogP contribution in [0.5, 0.6) is 11.6 Å². The van der Waals surface area contributed by atoms with Crippen LogP contribution in [0.4, 0.5) is 11.5 Å². The number of hydrogen-bond acceptors (Lipinski definition) is 6. The fourth-order valence-electron chi connectivity index (χ4n) is 1.91. The second-order valence-corrected chi connectivity index (χ2v) is 4.71. The number of nitrogens with zero attached hydrogens (tertiary/aromatic N) is 2. The number of ether oxygens (including phenoxy) is 1. The van der Waals surface area contributed by atoms with Gasteiger partial charge in [-0.1, -0.05) is 12.1 Å². The number of aryl methyl sites for hydroxylation is 2. The molecule has 110 valence electrons. The molecule has 0 saturated heterocycles. The molecule has 0 amide bonds. The van der Waals surface area contributed by atoms with Crippen molar-refractivity contribution < 1.29 is 9.66 Å². The molecule has 2 rings (SSSR count). The van der Waals surface area contributed by atoms with E-state index in [0.29, 0.717) is 5.75 Å². The Hall–Kier alpha value is -2.67. The van der Waals surface area contributed by atoms with Crippen LogP contribution in [0, 0.1) is 30.9 Å². The minimum atomic E-state index is -0.522. The van der Waals surface area contributed by atoms with Crippen LogP contribution in [0.2, 0.25) is 0 Å². The van der Waals surface area contributed by atoms with E-state index in [4.69, 9.17) is 10.6 Å². The lowest BCUT2D eigenvalue weighted by Gasteiger charge is -2.13. The highest BCUT2D eigenvalue weighted by atomic mass is 16.6. The van der Waals surface area contributed by atoms with Gasteiger partial charge in [-0.15, -0.1) is 0 Å². The average molecular weight is 288 g/mol. The van der Waals surface area contributed by atoms with Gasteiger partial charge in [-0.2, -0.15) is 4.98 Å². The fraction of sp³-hybridized carbons (Fsp3) is 0.214. The lowest BCUT2D eigenvalue weighted by molar-refractivity contribution is -0.384. The molecule has 2 aromatic rings. The van der Waals surface area contributed by atoms with Crippen LogP contribution in [0.3, 0.4) is 0 Å². The van der Waals surface area contributed by atoms with Gasteiger partial charge in [0.2, 0.25) is 5.88 Å². The van der Waals surface area contributed by atoms with E-state index >= 15 is 0 Å². The lowest BCUT2D eigenvalue weighted by Crippen LogP contribution is -2.09. The van der Waals surface area contributed by atoms with E-state index in [-0.39, 0.29) is 17.4 Å². The van der Waals surface area contributed by atoms with Crippen molar-refractivity contribution in [2.24, 2.45) is 5.84 Å². The molecule has 0 aliphatic carbocycles. The number of nitro groups is 1. The zero-order valence-corrected chi connectivity index (χ0v) is 12.0. The first-order chi connectivity index (χ1) is 9.92. The summed E-state index contributed by atoms with van der Waals surface area (Å²) in [6.45, 7) is 5.80. The summed E-state index contributed by atoms with van der Waals surface area (Å²) in [4.78, 5) is 14.5. The smallest absolute Gasteiger partial charge is 0.278 e. The molecule has 0 saturated carbocycles. The third-order valence-electron chi connectivity index (χ3n) is 3.23.